The van der Waals surface area contributed by atoms with Crippen molar-refractivity contribution in [3.05, 3.63) is 58.7 Å². The minimum Gasteiger partial charge on any atom is -0.192 e. The molecule has 3 heteroatoms. The average molecular weight is 320 g/mol. The number of rotatable bonds is 3. The average Bonchev–Trinajstić information content (AvgIpc) is 2.53. The van der Waals surface area contributed by atoms with Gasteiger partial charge in [-0.05, 0) is 53.4 Å². The maximum atomic E-state index is 9.11. The van der Waals surface area contributed by atoms with Gasteiger partial charge in [0, 0.05) is 4.90 Å². The van der Waals surface area contributed by atoms with Crippen LogP contribution in [0.5, 0.6) is 0 Å². The molecule has 116 valence electrons. The standard InChI is InChI=1S/C20H20N2S/c1-20(2)11-16(10-17(12-20)18(13-21)14-22)5-4-15-6-8-19(23-3)9-7-15/h4-10H,11-12H2,1-3H3/b5-4+. The van der Waals surface area contributed by atoms with E-state index in [1.807, 2.05) is 18.2 Å². The molecule has 0 bridgehead atoms. The normalized spacial score (nSPS) is 16.6. The second kappa shape index (κ2) is 7.36. The molecule has 0 aliphatic heterocycles. The third-order valence-electron chi connectivity index (χ3n) is 3.86. The molecule has 0 spiro atoms. The molecule has 0 saturated heterocycles. The van der Waals surface area contributed by atoms with Crippen LogP contribution in [-0.4, -0.2) is 6.26 Å². The minimum absolute atomic E-state index is 0.0609. The van der Waals surface area contributed by atoms with E-state index in [0.717, 1.165) is 29.6 Å². The van der Waals surface area contributed by atoms with Crippen molar-refractivity contribution < 1.29 is 0 Å². The van der Waals surface area contributed by atoms with E-state index in [4.69, 9.17) is 10.5 Å². The maximum absolute atomic E-state index is 9.11. The molecule has 0 aromatic heterocycles. The van der Waals surface area contributed by atoms with Gasteiger partial charge in [-0.25, -0.2) is 0 Å². The number of benzene rings is 1. The third kappa shape index (κ3) is 4.62. The van der Waals surface area contributed by atoms with Gasteiger partial charge in [0.15, 0.2) is 0 Å². The molecule has 0 fully saturated rings. The minimum atomic E-state index is 0.0609. The van der Waals surface area contributed by atoms with Crippen LogP contribution >= 0.6 is 11.8 Å². The molecule has 0 radical (unpaired) electrons. The molecule has 0 atom stereocenters. The number of hydrogen-bond acceptors (Lipinski definition) is 3. The molecular weight excluding hydrogens is 300 g/mol. The van der Waals surface area contributed by atoms with Gasteiger partial charge in [0.25, 0.3) is 0 Å². The lowest BCUT2D eigenvalue weighted by atomic mass is 9.74. The van der Waals surface area contributed by atoms with E-state index in [9.17, 15) is 0 Å². The Labute approximate surface area is 142 Å². The Morgan fingerprint density at radius 3 is 2.30 bits per heavy atom. The molecule has 0 N–H and O–H groups in total. The first-order valence-electron chi connectivity index (χ1n) is 7.53. The molecular formula is C20H20N2S. The Morgan fingerprint density at radius 2 is 1.74 bits per heavy atom. The molecule has 2 nitrogen and oxygen atoms in total. The van der Waals surface area contributed by atoms with E-state index in [2.05, 4.69) is 56.5 Å². The SMILES string of the molecule is CSc1ccc(/C=C/C2=CC(=C(C#N)C#N)CC(C)(C)C2)cc1. The van der Waals surface area contributed by atoms with Crippen LogP contribution in [0.2, 0.25) is 0 Å². The zero-order valence-electron chi connectivity index (χ0n) is 13.8. The van der Waals surface area contributed by atoms with Crippen molar-refractivity contribution in [2.45, 2.75) is 31.6 Å². The molecule has 1 aromatic carbocycles. The molecule has 1 aliphatic carbocycles. The van der Waals surface area contributed by atoms with Crippen LogP contribution in [0.25, 0.3) is 6.08 Å². The van der Waals surface area contributed by atoms with Crippen LogP contribution in [0.1, 0.15) is 32.3 Å². The molecule has 2 rings (SSSR count). The lowest BCUT2D eigenvalue weighted by molar-refractivity contribution is 0.354. The first kappa shape index (κ1) is 17.1. The van der Waals surface area contributed by atoms with Gasteiger partial charge in [-0.3, -0.25) is 0 Å². The van der Waals surface area contributed by atoms with Crippen molar-refractivity contribution in [3.8, 4) is 12.1 Å². The zero-order valence-corrected chi connectivity index (χ0v) is 14.6. The fourth-order valence-electron chi connectivity index (χ4n) is 2.81. The Kier molecular flexibility index (Phi) is 5.48. The predicted molar refractivity (Wildman–Crippen MR) is 96.6 cm³/mol. The van der Waals surface area contributed by atoms with E-state index >= 15 is 0 Å². The van der Waals surface area contributed by atoms with Crippen LogP contribution in [-0.2, 0) is 0 Å². The van der Waals surface area contributed by atoms with Gasteiger partial charge in [-0.1, -0.05) is 44.2 Å². The summed E-state index contributed by atoms with van der Waals surface area (Å²) in [7, 11) is 0. The van der Waals surface area contributed by atoms with Crippen LogP contribution in [0, 0.1) is 28.1 Å². The van der Waals surface area contributed by atoms with E-state index in [-0.39, 0.29) is 11.0 Å². The highest BCUT2D eigenvalue weighted by Gasteiger charge is 2.26. The van der Waals surface area contributed by atoms with Crippen LogP contribution < -0.4 is 0 Å². The molecule has 0 heterocycles. The van der Waals surface area contributed by atoms with Crippen molar-refractivity contribution in [3.63, 3.8) is 0 Å². The van der Waals surface area contributed by atoms with Crippen molar-refractivity contribution >= 4 is 17.8 Å². The van der Waals surface area contributed by atoms with E-state index in [0.29, 0.717) is 0 Å². The summed E-state index contributed by atoms with van der Waals surface area (Å²) in [5.41, 5.74) is 3.45. The van der Waals surface area contributed by atoms with Crippen molar-refractivity contribution in [1.82, 2.24) is 0 Å². The van der Waals surface area contributed by atoms with E-state index < -0.39 is 0 Å². The third-order valence-corrected chi connectivity index (χ3v) is 4.61. The Balaban J connectivity index is 2.30. The largest absolute Gasteiger partial charge is 0.192 e. The van der Waals surface area contributed by atoms with Gasteiger partial charge in [0.05, 0.1) is 0 Å². The highest BCUT2D eigenvalue weighted by atomic mass is 32.2. The fourth-order valence-corrected chi connectivity index (χ4v) is 3.22. The number of allylic oxidation sites excluding steroid dienone is 5. The van der Waals surface area contributed by atoms with Crippen molar-refractivity contribution in [2.75, 3.05) is 6.26 Å². The van der Waals surface area contributed by atoms with E-state index in [1.54, 1.807) is 11.8 Å². The molecule has 23 heavy (non-hydrogen) atoms. The summed E-state index contributed by atoms with van der Waals surface area (Å²) in [4.78, 5) is 1.25. The van der Waals surface area contributed by atoms with Gasteiger partial charge in [0.1, 0.15) is 17.7 Å². The van der Waals surface area contributed by atoms with E-state index in [1.165, 1.54) is 4.90 Å². The molecule has 0 saturated carbocycles. The number of nitriles is 2. The smallest absolute Gasteiger partial charge is 0.132 e. The Morgan fingerprint density at radius 1 is 1.09 bits per heavy atom. The summed E-state index contributed by atoms with van der Waals surface area (Å²) in [6, 6.07) is 12.4. The molecule has 0 amide bonds. The van der Waals surface area contributed by atoms with Crippen LogP contribution in [0.3, 0.4) is 0 Å². The Bertz CT molecular complexity index is 734. The second-order valence-corrected chi connectivity index (χ2v) is 7.35. The van der Waals surface area contributed by atoms with Crippen molar-refractivity contribution in [1.29, 1.82) is 10.5 Å². The molecule has 1 aliphatic rings. The summed E-state index contributed by atoms with van der Waals surface area (Å²) in [6.07, 6.45) is 9.97. The topological polar surface area (TPSA) is 47.6 Å². The number of hydrogen-bond donors (Lipinski definition) is 0. The monoisotopic (exact) mass is 320 g/mol. The van der Waals surface area contributed by atoms with Gasteiger partial charge in [0.2, 0.25) is 0 Å². The summed E-state index contributed by atoms with van der Waals surface area (Å²) >= 11 is 1.73. The van der Waals surface area contributed by atoms with Gasteiger partial charge in [-0.2, -0.15) is 10.5 Å². The first-order chi connectivity index (χ1) is 11.0. The first-order valence-corrected chi connectivity index (χ1v) is 8.76. The molecule has 1 aromatic rings. The lowest BCUT2D eigenvalue weighted by Crippen LogP contribution is -2.17. The summed E-state index contributed by atoms with van der Waals surface area (Å²) in [5, 5.41) is 18.2. The Hall–Kier alpha value is -2.23. The molecule has 0 unspecified atom stereocenters. The number of nitrogens with zero attached hydrogens (tertiary/aromatic N) is 2. The summed E-state index contributed by atoms with van der Waals surface area (Å²) in [6.45, 7) is 4.35. The van der Waals surface area contributed by atoms with Gasteiger partial charge in [-0.15, -0.1) is 11.8 Å². The highest BCUT2D eigenvalue weighted by molar-refractivity contribution is 7.98. The lowest BCUT2D eigenvalue weighted by Gasteiger charge is -2.30. The fraction of sp³-hybridized carbons (Fsp3) is 0.300. The van der Waals surface area contributed by atoms with Gasteiger partial charge >= 0.3 is 0 Å². The summed E-state index contributed by atoms with van der Waals surface area (Å²) < 4.78 is 0. The van der Waals surface area contributed by atoms with Crippen molar-refractivity contribution in [2.24, 2.45) is 5.41 Å². The van der Waals surface area contributed by atoms with Crippen LogP contribution in [0.4, 0.5) is 0 Å². The summed E-state index contributed by atoms with van der Waals surface area (Å²) in [5.74, 6) is 0. The highest BCUT2D eigenvalue weighted by Crippen LogP contribution is 2.39. The van der Waals surface area contributed by atoms with Gasteiger partial charge < -0.3 is 0 Å². The predicted octanol–water partition coefficient (Wildman–Crippen LogP) is 5.51. The maximum Gasteiger partial charge on any atom is 0.132 e. The quantitative estimate of drug-likeness (QED) is 0.545. The van der Waals surface area contributed by atoms with Crippen LogP contribution in [0.15, 0.2) is 58.0 Å². The number of thioether (sulfide) groups is 1. The second-order valence-electron chi connectivity index (χ2n) is 6.47. The zero-order chi connectivity index (χ0) is 16.9.